The first-order chi connectivity index (χ1) is 14.6. The van der Waals surface area contributed by atoms with Crippen molar-refractivity contribution in [2.45, 2.75) is 6.42 Å². The highest BCUT2D eigenvalue weighted by Crippen LogP contribution is 2.36. The molecule has 2 fully saturated rings. The van der Waals surface area contributed by atoms with Gasteiger partial charge in [0.15, 0.2) is 0 Å². The van der Waals surface area contributed by atoms with Crippen LogP contribution in [0.1, 0.15) is 6.42 Å². The number of methoxy groups -OCH3 is 2. The molecule has 30 heavy (non-hydrogen) atoms. The predicted molar refractivity (Wildman–Crippen MR) is 115 cm³/mol. The van der Waals surface area contributed by atoms with Gasteiger partial charge in [-0.3, -0.25) is 9.59 Å². The minimum absolute atomic E-state index is 0.0559. The summed E-state index contributed by atoms with van der Waals surface area (Å²) >= 11 is 0. The SMILES string of the molecule is COc1ccc(OC)c(N2CC(C(=O)N3CCN(c4ccccc4)CC3)CC2=O)c1. The van der Waals surface area contributed by atoms with Gasteiger partial charge in [-0.25, -0.2) is 0 Å². The van der Waals surface area contributed by atoms with Crippen LogP contribution < -0.4 is 19.3 Å². The predicted octanol–water partition coefficient (Wildman–Crippen LogP) is 2.41. The highest BCUT2D eigenvalue weighted by atomic mass is 16.5. The first-order valence-corrected chi connectivity index (χ1v) is 10.2. The molecule has 2 aliphatic heterocycles. The molecule has 2 heterocycles. The van der Waals surface area contributed by atoms with Crippen molar-refractivity contribution in [3.8, 4) is 11.5 Å². The summed E-state index contributed by atoms with van der Waals surface area (Å²) in [6.07, 6.45) is 0.220. The number of ether oxygens (including phenoxy) is 2. The van der Waals surface area contributed by atoms with Gasteiger partial charge in [-0.05, 0) is 24.3 Å². The molecular weight excluding hydrogens is 382 g/mol. The maximum absolute atomic E-state index is 13.1. The third kappa shape index (κ3) is 3.92. The Morgan fingerprint density at radius 1 is 0.967 bits per heavy atom. The van der Waals surface area contributed by atoms with Crippen molar-refractivity contribution in [3.05, 3.63) is 48.5 Å². The van der Waals surface area contributed by atoms with Gasteiger partial charge in [0.05, 0.1) is 25.8 Å². The fourth-order valence-corrected chi connectivity index (χ4v) is 4.20. The number of carbonyl (C=O) groups is 2. The van der Waals surface area contributed by atoms with E-state index in [9.17, 15) is 9.59 Å². The lowest BCUT2D eigenvalue weighted by molar-refractivity contribution is -0.136. The summed E-state index contributed by atoms with van der Waals surface area (Å²) < 4.78 is 10.7. The number of amides is 2. The number of nitrogens with zero attached hydrogens (tertiary/aromatic N) is 3. The van der Waals surface area contributed by atoms with Crippen LogP contribution in [0, 0.1) is 5.92 Å². The first-order valence-electron chi connectivity index (χ1n) is 10.2. The maximum atomic E-state index is 13.1. The van der Waals surface area contributed by atoms with Gasteiger partial charge in [0.25, 0.3) is 0 Å². The number of hydrogen-bond acceptors (Lipinski definition) is 5. The molecule has 0 aromatic heterocycles. The van der Waals surface area contributed by atoms with E-state index in [1.807, 2.05) is 23.1 Å². The monoisotopic (exact) mass is 409 g/mol. The Labute approximate surface area is 176 Å². The average Bonchev–Trinajstić information content (AvgIpc) is 3.20. The molecule has 7 heteroatoms. The summed E-state index contributed by atoms with van der Waals surface area (Å²) in [7, 11) is 3.15. The molecule has 0 aliphatic carbocycles. The fraction of sp³-hybridized carbons (Fsp3) is 0.391. The van der Waals surface area contributed by atoms with Gasteiger partial charge in [-0.1, -0.05) is 18.2 Å². The smallest absolute Gasteiger partial charge is 0.228 e. The Bertz CT molecular complexity index is 910. The molecule has 2 aliphatic rings. The Hall–Kier alpha value is -3.22. The highest BCUT2D eigenvalue weighted by molar-refractivity contribution is 6.01. The van der Waals surface area contributed by atoms with Crippen molar-refractivity contribution in [1.29, 1.82) is 0 Å². The van der Waals surface area contributed by atoms with Crippen LogP contribution in [0.3, 0.4) is 0 Å². The van der Waals surface area contributed by atoms with E-state index in [4.69, 9.17) is 9.47 Å². The average molecular weight is 409 g/mol. The van der Waals surface area contributed by atoms with Crippen LogP contribution in [0.5, 0.6) is 11.5 Å². The van der Waals surface area contributed by atoms with E-state index < -0.39 is 0 Å². The quantitative estimate of drug-likeness (QED) is 0.759. The zero-order valence-electron chi connectivity index (χ0n) is 17.4. The molecule has 1 atom stereocenters. The van der Waals surface area contributed by atoms with Crippen LogP contribution in [0.15, 0.2) is 48.5 Å². The molecule has 0 N–H and O–H groups in total. The van der Waals surface area contributed by atoms with Crippen LogP contribution in [0.25, 0.3) is 0 Å². The van der Waals surface area contributed by atoms with E-state index >= 15 is 0 Å². The lowest BCUT2D eigenvalue weighted by Crippen LogP contribution is -2.50. The van der Waals surface area contributed by atoms with Gasteiger partial charge >= 0.3 is 0 Å². The molecule has 2 aromatic carbocycles. The number of piperazine rings is 1. The molecule has 1 unspecified atom stereocenters. The number of benzene rings is 2. The van der Waals surface area contributed by atoms with Crippen molar-refractivity contribution < 1.29 is 19.1 Å². The van der Waals surface area contributed by atoms with Crippen LogP contribution >= 0.6 is 0 Å². The second kappa shape index (κ2) is 8.65. The molecule has 158 valence electrons. The third-order valence-electron chi connectivity index (χ3n) is 5.86. The zero-order valence-corrected chi connectivity index (χ0v) is 17.4. The Morgan fingerprint density at radius 3 is 2.37 bits per heavy atom. The van der Waals surface area contributed by atoms with Crippen LogP contribution in [0.4, 0.5) is 11.4 Å². The number of rotatable bonds is 5. The number of anilines is 2. The van der Waals surface area contributed by atoms with Crippen molar-refractivity contribution >= 4 is 23.2 Å². The Balaban J connectivity index is 1.42. The molecule has 2 amide bonds. The van der Waals surface area contributed by atoms with Gasteiger partial charge in [-0.2, -0.15) is 0 Å². The molecule has 0 spiro atoms. The van der Waals surface area contributed by atoms with Crippen molar-refractivity contribution in [2.24, 2.45) is 5.92 Å². The van der Waals surface area contributed by atoms with E-state index in [0.717, 1.165) is 13.1 Å². The highest BCUT2D eigenvalue weighted by Gasteiger charge is 2.39. The van der Waals surface area contributed by atoms with E-state index in [0.29, 0.717) is 36.8 Å². The van der Waals surface area contributed by atoms with E-state index in [1.165, 1.54) is 5.69 Å². The van der Waals surface area contributed by atoms with Gasteiger partial charge in [0, 0.05) is 50.9 Å². The molecule has 0 radical (unpaired) electrons. The second-order valence-electron chi connectivity index (χ2n) is 7.59. The fourth-order valence-electron chi connectivity index (χ4n) is 4.20. The lowest BCUT2D eigenvalue weighted by Gasteiger charge is -2.37. The third-order valence-corrected chi connectivity index (χ3v) is 5.86. The van der Waals surface area contributed by atoms with Crippen LogP contribution in [-0.2, 0) is 9.59 Å². The molecule has 2 aromatic rings. The summed E-state index contributed by atoms with van der Waals surface area (Å²) in [6, 6.07) is 15.6. The normalized spacial score (nSPS) is 19.2. The second-order valence-corrected chi connectivity index (χ2v) is 7.59. The molecule has 7 nitrogen and oxygen atoms in total. The zero-order chi connectivity index (χ0) is 21.1. The first kappa shape index (κ1) is 20.1. The Morgan fingerprint density at radius 2 is 1.70 bits per heavy atom. The summed E-state index contributed by atoms with van der Waals surface area (Å²) in [5.41, 5.74) is 1.82. The maximum Gasteiger partial charge on any atom is 0.228 e. The number of hydrogen-bond donors (Lipinski definition) is 0. The molecular formula is C23H27N3O4. The molecule has 0 saturated carbocycles. The lowest BCUT2D eigenvalue weighted by atomic mass is 10.1. The Kier molecular flexibility index (Phi) is 5.79. The minimum Gasteiger partial charge on any atom is -0.497 e. The van der Waals surface area contributed by atoms with Crippen LogP contribution in [-0.4, -0.2) is 63.7 Å². The summed E-state index contributed by atoms with van der Waals surface area (Å²) in [5.74, 6) is 0.888. The molecule has 0 bridgehead atoms. The topological polar surface area (TPSA) is 62.3 Å². The van der Waals surface area contributed by atoms with Gasteiger partial charge < -0.3 is 24.2 Å². The van der Waals surface area contributed by atoms with E-state index in [2.05, 4.69) is 17.0 Å². The van der Waals surface area contributed by atoms with Gasteiger partial charge in [-0.15, -0.1) is 0 Å². The van der Waals surface area contributed by atoms with Gasteiger partial charge in [0.1, 0.15) is 11.5 Å². The van der Waals surface area contributed by atoms with E-state index in [-0.39, 0.29) is 24.2 Å². The molecule has 2 saturated heterocycles. The minimum atomic E-state index is -0.336. The van der Waals surface area contributed by atoms with Crippen molar-refractivity contribution in [1.82, 2.24) is 4.90 Å². The summed E-state index contributed by atoms with van der Waals surface area (Å²) in [6.45, 7) is 3.29. The number of carbonyl (C=O) groups excluding carboxylic acids is 2. The van der Waals surface area contributed by atoms with Crippen molar-refractivity contribution in [3.63, 3.8) is 0 Å². The summed E-state index contributed by atoms with van der Waals surface area (Å²) in [5, 5.41) is 0. The molecule has 4 rings (SSSR count). The van der Waals surface area contributed by atoms with E-state index in [1.54, 1.807) is 37.3 Å². The van der Waals surface area contributed by atoms with Crippen molar-refractivity contribution in [2.75, 3.05) is 56.7 Å². The largest absolute Gasteiger partial charge is 0.497 e. The van der Waals surface area contributed by atoms with Gasteiger partial charge in [0.2, 0.25) is 11.8 Å². The van der Waals surface area contributed by atoms with Crippen LogP contribution in [0.2, 0.25) is 0 Å². The number of para-hydroxylation sites is 1. The summed E-state index contributed by atoms with van der Waals surface area (Å²) in [4.78, 5) is 31.7. The standard InChI is InChI=1S/C23H27N3O4/c1-29-19-8-9-21(30-2)20(15-19)26-16-17(14-22(26)27)23(28)25-12-10-24(11-13-25)18-6-4-3-5-7-18/h3-9,15,17H,10-14,16H2,1-2H3.